The fraction of sp³-hybridized carbons (Fsp3) is 0.227. The van der Waals surface area contributed by atoms with Crippen molar-refractivity contribution in [1.29, 1.82) is 0 Å². The number of carbonyl (C=O) groups excluding carboxylic acids is 1. The van der Waals surface area contributed by atoms with E-state index in [1.807, 2.05) is 0 Å². The molecule has 0 saturated carbocycles. The van der Waals surface area contributed by atoms with Gasteiger partial charge in [-0.05, 0) is 81.4 Å². The molecule has 8 heteroatoms. The number of rotatable bonds is 4. The summed E-state index contributed by atoms with van der Waals surface area (Å²) in [7, 11) is -4.02. The van der Waals surface area contributed by atoms with Crippen molar-refractivity contribution in [3.05, 3.63) is 72.2 Å². The molecule has 0 fully saturated rings. The number of hydrogen-bond donors (Lipinski definition) is 0. The van der Waals surface area contributed by atoms with E-state index in [9.17, 15) is 17.6 Å². The minimum absolute atomic E-state index is 0.00996. The Morgan fingerprint density at radius 1 is 1.07 bits per heavy atom. The maximum atomic E-state index is 14.3. The van der Waals surface area contributed by atoms with Gasteiger partial charge >= 0.3 is 5.30 Å². The van der Waals surface area contributed by atoms with E-state index in [-0.39, 0.29) is 16.2 Å². The Hall–Kier alpha value is -2.58. The Morgan fingerprint density at radius 2 is 1.77 bits per heavy atom. The van der Waals surface area contributed by atoms with Gasteiger partial charge in [0.1, 0.15) is 11.4 Å². The summed E-state index contributed by atoms with van der Waals surface area (Å²) in [6, 6.07) is 13.7. The number of hydrogen-bond acceptors (Lipinski definition) is 5. The molecule has 0 spiro atoms. The Labute approximate surface area is 179 Å². The lowest BCUT2D eigenvalue weighted by Gasteiger charge is -2.19. The number of thioether (sulfide) groups is 1. The van der Waals surface area contributed by atoms with Crippen LogP contribution in [0.1, 0.15) is 26.3 Å². The monoisotopic (exact) mass is 447 g/mol. The number of benzene rings is 2. The minimum Gasteiger partial charge on any atom is -0.452 e. The number of aromatic nitrogens is 1. The Morgan fingerprint density at radius 3 is 2.43 bits per heavy atom. The average Bonchev–Trinajstić information content (AvgIpc) is 3.03. The summed E-state index contributed by atoms with van der Waals surface area (Å²) in [6.07, 6.45) is 1.45. The zero-order valence-corrected chi connectivity index (χ0v) is 18.7. The second-order valence-electron chi connectivity index (χ2n) is 7.72. The highest BCUT2D eigenvalue weighted by Gasteiger charge is 2.24. The van der Waals surface area contributed by atoms with Gasteiger partial charge in [0.2, 0.25) is 0 Å². The summed E-state index contributed by atoms with van der Waals surface area (Å²) in [5, 5.41) is -0.527. The van der Waals surface area contributed by atoms with Gasteiger partial charge in [-0.15, -0.1) is 0 Å². The summed E-state index contributed by atoms with van der Waals surface area (Å²) < 4.78 is 47.3. The van der Waals surface area contributed by atoms with E-state index in [0.717, 1.165) is 15.7 Å². The average molecular weight is 448 g/mol. The van der Waals surface area contributed by atoms with E-state index in [4.69, 9.17) is 4.74 Å². The van der Waals surface area contributed by atoms with Crippen molar-refractivity contribution < 1.29 is 22.3 Å². The molecule has 0 unspecified atom stereocenters. The van der Waals surface area contributed by atoms with Gasteiger partial charge in [-0.25, -0.2) is 21.6 Å². The van der Waals surface area contributed by atoms with Crippen LogP contribution in [0, 0.1) is 12.7 Å². The molecule has 0 bridgehead atoms. The highest BCUT2D eigenvalue weighted by molar-refractivity contribution is 8.13. The van der Waals surface area contributed by atoms with E-state index in [2.05, 4.69) is 0 Å². The van der Waals surface area contributed by atoms with E-state index in [0.29, 0.717) is 10.5 Å². The van der Waals surface area contributed by atoms with Crippen LogP contribution < -0.4 is 0 Å². The Balaban J connectivity index is 2.00. The molecule has 30 heavy (non-hydrogen) atoms. The SMILES string of the molecule is Cc1cc(-c2ccccc2F)n(S(=O)(=O)c2cccc(SC(=O)OC(C)(C)C)c2)c1. The summed E-state index contributed by atoms with van der Waals surface area (Å²) in [5.74, 6) is -0.513. The van der Waals surface area contributed by atoms with Gasteiger partial charge in [0.05, 0.1) is 10.6 Å². The minimum atomic E-state index is -4.02. The lowest BCUT2D eigenvalue weighted by molar-refractivity contribution is 0.0738. The molecule has 158 valence electrons. The van der Waals surface area contributed by atoms with E-state index >= 15 is 0 Å². The van der Waals surface area contributed by atoms with Crippen LogP contribution in [0.3, 0.4) is 0 Å². The van der Waals surface area contributed by atoms with Gasteiger partial charge in [-0.1, -0.05) is 18.2 Å². The summed E-state index contributed by atoms with van der Waals surface area (Å²) >= 11 is 0.809. The topological polar surface area (TPSA) is 65.4 Å². The molecular weight excluding hydrogens is 425 g/mol. The van der Waals surface area contributed by atoms with E-state index < -0.39 is 26.7 Å². The second-order valence-corrected chi connectivity index (χ2v) is 10.5. The van der Waals surface area contributed by atoms with E-state index in [1.165, 1.54) is 30.5 Å². The van der Waals surface area contributed by atoms with Crippen LogP contribution in [0.5, 0.6) is 0 Å². The van der Waals surface area contributed by atoms with Gasteiger partial charge in [0, 0.05) is 16.7 Å². The fourth-order valence-corrected chi connectivity index (χ4v) is 5.17. The molecule has 0 aliphatic carbocycles. The predicted octanol–water partition coefficient (Wildman–Crippen LogP) is 5.87. The zero-order chi connectivity index (χ0) is 22.1. The molecule has 0 radical (unpaired) electrons. The molecule has 0 aliphatic heterocycles. The molecule has 0 atom stereocenters. The first-order valence-corrected chi connectivity index (χ1v) is 11.4. The van der Waals surface area contributed by atoms with Crippen LogP contribution in [0.2, 0.25) is 0 Å². The molecule has 3 aromatic rings. The summed E-state index contributed by atoms with van der Waals surface area (Å²) in [6.45, 7) is 7.01. The third-order valence-electron chi connectivity index (χ3n) is 4.03. The highest BCUT2D eigenvalue weighted by atomic mass is 32.2. The lowest BCUT2D eigenvalue weighted by atomic mass is 10.1. The standard InChI is InChI=1S/C22H22FNO4S2/c1-15-12-20(18-10-5-6-11-19(18)23)24(14-15)30(26,27)17-9-7-8-16(13-17)29-21(25)28-22(2,3)4/h5-14H,1-4H3. The molecule has 1 aromatic heterocycles. The molecular formula is C22H22FNO4S2. The number of aryl methyl sites for hydroxylation is 1. The highest BCUT2D eigenvalue weighted by Crippen LogP contribution is 2.31. The van der Waals surface area contributed by atoms with Crippen molar-refractivity contribution in [1.82, 2.24) is 3.97 Å². The predicted molar refractivity (Wildman–Crippen MR) is 116 cm³/mol. The van der Waals surface area contributed by atoms with Gasteiger partial charge in [0.15, 0.2) is 0 Å². The van der Waals surface area contributed by atoms with E-state index in [1.54, 1.807) is 58.0 Å². The smallest absolute Gasteiger partial charge is 0.372 e. The van der Waals surface area contributed by atoms with Crippen LogP contribution in [-0.4, -0.2) is 23.3 Å². The zero-order valence-electron chi connectivity index (χ0n) is 17.0. The molecule has 2 aromatic carbocycles. The van der Waals surface area contributed by atoms with Crippen molar-refractivity contribution in [2.45, 2.75) is 43.1 Å². The third kappa shape index (κ3) is 4.94. The van der Waals surface area contributed by atoms with Crippen LogP contribution in [-0.2, 0) is 14.8 Å². The third-order valence-corrected chi connectivity index (χ3v) is 6.43. The summed E-state index contributed by atoms with van der Waals surface area (Å²) in [5.41, 5.74) is 0.450. The first kappa shape index (κ1) is 22.1. The molecule has 0 N–H and O–H groups in total. The normalized spacial score (nSPS) is 12.0. The lowest BCUT2D eigenvalue weighted by Crippen LogP contribution is -2.21. The summed E-state index contributed by atoms with van der Waals surface area (Å²) in [4.78, 5) is 12.5. The van der Waals surface area contributed by atoms with Gasteiger partial charge in [0.25, 0.3) is 10.0 Å². The molecule has 0 saturated heterocycles. The first-order valence-electron chi connectivity index (χ1n) is 9.18. The second kappa shape index (κ2) is 8.28. The number of halogens is 1. The van der Waals surface area contributed by atoms with Crippen LogP contribution in [0.4, 0.5) is 9.18 Å². The maximum absolute atomic E-state index is 14.3. The Bertz CT molecular complexity index is 1190. The fourth-order valence-electron chi connectivity index (χ4n) is 2.81. The molecule has 3 rings (SSSR count). The molecule has 0 amide bonds. The number of ether oxygens (including phenoxy) is 1. The largest absolute Gasteiger partial charge is 0.452 e. The van der Waals surface area contributed by atoms with Gasteiger partial charge in [-0.2, -0.15) is 0 Å². The number of carbonyl (C=O) groups is 1. The van der Waals surface area contributed by atoms with Crippen molar-refractivity contribution >= 4 is 27.1 Å². The quantitative estimate of drug-likeness (QED) is 0.370. The van der Waals surface area contributed by atoms with Gasteiger partial charge < -0.3 is 4.74 Å². The molecule has 5 nitrogen and oxygen atoms in total. The maximum Gasteiger partial charge on any atom is 0.372 e. The first-order chi connectivity index (χ1) is 14.0. The van der Waals surface area contributed by atoms with Crippen molar-refractivity contribution in [3.8, 4) is 11.3 Å². The van der Waals surface area contributed by atoms with Crippen LogP contribution >= 0.6 is 11.8 Å². The molecule has 1 heterocycles. The van der Waals surface area contributed by atoms with Gasteiger partial charge in [-0.3, -0.25) is 0 Å². The number of nitrogens with zero attached hydrogens (tertiary/aromatic N) is 1. The molecule has 0 aliphatic rings. The van der Waals surface area contributed by atoms with Crippen molar-refractivity contribution in [3.63, 3.8) is 0 Å². The van der Waals surface area contributed by atoms with Crippen LogP contribution in [0.15, 0.2) is 70.6 Å². The van der Waals surface area contributed by atoms with Crippen molar-refractivity contribution in [2.24, 2.45) is 0 Å². The van der Waals surface area contributed by atoms with Crippen LogP contribution in [0.25, 0.3) is 11.3 Å². The Kier molecular flexibility index (Phi) is 6.10. The van der Waals surface area contributed by atoms with Crippen molar-refractivity contribution in [2.75, 3.05) is 0 Å².